The highest BCUT2D eigenvalue weighted by Gasteiger charge is 2.51. The fourth-order valence-electron chi connectivity index (χ4n) is 6.27. The maximum atomic E-state index is 11.5. The summed E-state index contributed by atoms with van der Waals surface area (Å²) < 4.78 is 0. The van der Waals surface area contributed by atoms with Gasteiger partial charge in [0.1, 0.15) is 0 Å². The van der Waals surface area contributed by atoms with Crippen LogP contribution in [0.5, 0.6) is 0 Å². The van der Waals surface area contributed by atoms with Crippen LogP contribution in [0.1, 0.15) is 65.6 Å². The van der Waals surface area contributed by atoms with Gasteiger partial charge in [0.15, 0.2) is 0 Å². The SMILES string of the molecule is C[C@]12CC[C@@H]3c4ccc(C(N)=O)cc4CC[C@H]3[C@@H]1CC=C2c1cccnc1. The normalized spacial score (nSPS) is 31.4. The molecule has 138 valence electrons. The molecule has 1 aromatic heterocycles. The maximum absolute atomic E-state index is 11.5. The molecule has 5 rings (SSSR count). The van der Waals surface area contributed by atoms with Gasteiger partial charge in [0.25, 0.3) is 0 Å². The largest absolute Gasteiger partial charge is 0.366 e. The number of hydrogen-bond donors (Lipinski definition) is 1. The number of aryl methyl sites for hydroxylation is 1. The lowest BCUT2D eigenvalue weighted by Crippen LogP contribution is -2.41. The molecule has 2 N–H and O–H groups in total. The van der Waals surface area contributed by atoms with E-state index in [1.165, 1.54) is 47.9 Å². The topological polar surface area (TPSA) is 56.0 Å². The lowest BCUT2D eigenvalue weighted by Gasteiger charge is -2.50. The summed E-state index contributed by atoms with van der Waals surface area (Å²) in [6.07, 6.45) is 12.3. The molecule has 1 fully saturated rings. The molecule has 1 heterocycles. The number of pyridine rings is 1. The Bertz CT molecular complexity index is 933. The van der Waals surface area contributed by atoms with E-state index in [2.05, 4.69) is 30.1 Å². The Morgan fingerprint density at radius 2 is 2.15 bits per heavy atom. The van der Waals surface area contributed by atoms with E-state index in [1.807, 2.05) is 30.6 Å². The molecule has 0 bridgehead atoms. The average Bonchev–Trinajstić information content (AvgIpc) is 3.05. The Labute approximate surface area is 160 Å². The number of carbonyl (C=O) groups is 1. The number of carbonyl (C=O) groups excluding carboxylic acids is 1. The Hall–Kier alpha value is -2.42. The Kier molecular flexibility index (Phi) is 3.75. The van der Waals surface area contributed by atoms with Crippen LogP contribution in [0.25, 0.3) is 5.57 Å². The minimum atomic E-state index is -0.322. The summed E-state index contributed by atoms with van der Waals surface area (Å²) in [5, 5.41) is 0. The van der Waals surface area contributed by atoms with Crippen LogP contribution in [0.3, 0.4) is 0 Å². The van der Waals surface area contributed by atoms with Crippen LogP contribution < -0.4 is 5.73 Å². The van der Waals surface area contributed by atoms with E-state index >= 15 is 0 Å². The van der Waals surface area contributed by atoms with Gasteiger partial charge < -0.3 is 5.73 Å². The molecule has 2 aromatic rings. The number of amides is 1. The van der Waals surface area contributed by atoms with Crippen LogP contribution in [0.2, 0.25) is 0 Å². The van der Waals surface area contributed by atoms with Crippen molar-refractivity contribution in [3.05, 3.63) is 71.1 Å². The van der Waals surface area contributed by atoms with Gasteiger partial charge in [0, 0.05) is 18.0 Å². The standard InChI is InChI=1S/C24H26N2O/c1-24-11-10-19-18-6-5-16(23(25)27)13-15(18)4-7-20(19)22(24)9-8-21(24)17-3-2-12-26-14-17/h2-3,5-6,8,12-14,19-20,22H,4,7,9-11H2,1H3,(H2,25,27)/t19-,20-,22+,24-/m1/s1. The highest BCUT2D eigenvalue weighted by molar-refractivity contribution is 5.93. The molecule has 3 nitrogen and oxygen atoms in total. The van der Waals surface area contributed by atoms with Crippen molar-refractivity contribution in [1.29, 1.82) is 0 Å². The van der Waals surface area contributed by atoms with Crippen molar-refractivity contribution in [3.8, 4) is 0 Å². The Morgan fingerprint density at radius 3 is 2.93 bits per heavy atom. The molecule has 0 unspecified atom stereocenters. The van der Waals surface area contributed by atoms with Crippen molar-refractivity contribution in [2.45, 2.75) is 44.9 Å². The van der Waals surface area contributed by atoms with E-state index in [0.717, 1.165) is 12.3 Å². The number of nitrogens with zero attached hydrogens (tertiary/aromatic N) is 1. The summed E-state index contributed by atoms with van der Waals surface area (Å²) in [6, 6.07) is 10.4. The lowest BCUT2D eigenvalue weighted by molar-refractivity contribution is 0.0885. The molecule has 0 saturated heterocycles. The summed E-state index contributed by atoms with van der Waals surface area (Å²) in [5.74, 6) is 1.73. The number of benzene rings is 1. The average molecular weight is 358 g/mol. The van der Waals surface area contributed by atoms with Crippen molar-refractivity contribution in [1.82, 2.24) is 4.98 Å². The lowest BCUT2D eigenvalue weighted by atomic mass is 9.54. The van der Waals surface area contributed by atoms with E-state index in [-0.39, 0.29) is 11.3 Å². The van der Waals surface area contributed by atoms with Gasteiger partial charge in [-0.1, -0.05) is 25.1 Å². The number of fused-ring (bicyclic) bond motifs is 5. The van der Waals surface area contributed by atoms with E-state index in [1.54, 1.807) is 0 Å². The molecule has 3 heteroatoms. The van der Waals surface area contributed by atoms with Crippen LogP contribution in [-0.2, 0) is 6.42 Å². The third-order valence-corrected chi connectivity index (χ3v) is 7.56. The van der Waals surface area contributed by atoms with Gasteiger partial charge in [-0.15, -0.1) is 0 Å². The van der Waals surface area contributed by atoms with Crippen LogP contribution >= 0.6 is 0 Å². The third kappa shape index (κ3) is 2.48. The monoisotopic (exact) mass is 358 g/mol. The van der Waals surface area contributed by atoms with Crippen molar-refractivity contribution in [2.75, 3.05) is 0 Å². The number of primary amides is 1. The number of allylic oxidation sites excluding steroid dienone is 2. The summed E-state index contributed by atoms with van der Waals surface area (Å²) >= 11 is 0. The second-order valence-electron chi connectivity index (χ2n) is 8.74. The van der Waals surface area contributed by atoms with Gasteiger partial charge in [0.05, 0.1) is 0 Å². The molecular formula is C24H26N2O. The summed E-state index contributed by atoms with van der Waals surface area (Å²) in [4.78, 5) is 15.9. The molecule has 1 amide bonds. The molecule has 3 aliphatic carbocycles. The van der Waals surface area contributed by atoms with Crippen LogP contribution in [0.15, 0.2) is 48.8 Å². The van der Waals surface area contributed by atoms with Gasteiger partial charge in [-0.2, -0.15) is 0 Å². The van der Waals surface area contributed by atoms with Crippen molar-refractivity contribution in [2.24, 2.45) is 23.0 Å². The molecule has 3 aliphatic rings. The third-order valence-electron chi connectivity index (χ3n) is 7.56. The minimum Gasteiger partial charge on any atom is -0.366 e. The fourth-order valence-corrected chi connectivity index (χ4v) is 6.27. The second kappa shape index (κ2) is 6.05. The molecule has 1 saturated carbocycles. The van der Waals surface area contributed by atoms with Gasteiger partial charge in [-0.3, -0.25) is 9.78 Å². The first-order chi connectivity index (χ1) is 13.1. The van der Waals surface area contributed by atoms with Crippen LogP contribution in [0, 0.1) is 17.3 Å². The predicted molar refractivity (Wildman–Crippen MR) is 107 cm³/mol. The van der Waals surface area contributed by atoms with Crippen LogP contribution in [0.4, 0.5) is 0 Å². The molecular weight excluding hydrogens is 332 g/mol. The van der Waals surface area contributed by atoms with Gasteiger partial charge in [-0.05, 0) is 95.7 Å². The van der Waals surface area contributed by atoms with E-state index in [0.29, 0.717) is 17.4 Å². The highest BCUT2D eigenvalue weighted by Crippen LogP contribution is 2.63. The number of rotatable bonds is 2. The first-order valence-corrected chi connectivity index (χ1v) is 10.1. The van der Waals surface area contributed by atoms with Crippen molar-refractivity contribution >= 4 is 11.5 Å². The van der Waals surface area contributed by atoms with Gasteiger partial charge in [0.2, 0.25) is 5.91 Å². The molecule has 0 aliphatic heterocycles. The molecule has 4 atom stereocenters. The van der Waals surface area contributed by atoms with Crippen LogP contribution in [-0.4, -0.2) is 10.9 Å². The number of aromatic nitrogens is 1. The van der Waals surface area contributed by atoms with Gasteiger partial charge in [-0.25, -0.2) is 0 Å². The fraction of sp³-hybridized carbons (Fsp3) is 0.417. The summed E-state index contributed by atoms with van der Waals surface area (Å²) in [7, 11) is 0. The minimum absolute atomic E-state index is 0.259. The second-order valence-corrected chi connectivity index (χ2v) is 8.74. The number of hydrogen-bond acceptors (Lipinski definition) is 2. The summed E-state index contributed by atoms with van der Waals surface area (Å²) in [5.41, 5.74) is 12.0. The zero-order valence-corrected chi connectivity index (χ0v) is 15.8. The Morgan fingerprint density at radius 1 is 1.26 bits per heavy atom. The molecule has 0 radical (unpaired) electrons. The molecule has 1 aromatic carbocycles. The molecule has 27 heavy (non-hydrogen) atoms. The van der Waals surface area contributed by atoms with E-state index in [9.17, 15) is 4.79 Å². The first-order valence-electron chi connectivity index (χ1n) is 10.1. The van der Waals surface area contributed by atoms with E-state index < -0.39 is 0 Å². The predicted octanol–water partition coefficient (Wildman–Crippen LogP) is 4.73. The zero-order chi connectivity index (χ0) is 18.6. The quantitative estimate of drug-likeness (QED) is 0.844. The van der Waals surface area contributed by atoms with Crippen molar-refractivity contribution in [3.63, 3.8) is 0 Å². The first kappa shape index (κ1) is 16.7. The Balaban J connectivity index is 1.47. The highest BCUT2D eigenvalue weighted by atomic mass is 16.1. The van der Waals surface area contributed by atoms with Crippen molar-refractivity contribution < 1.29 is 4.79 Å². The zero-order valence-electron chi connectivity index (χ0n) is 15.8. The van der Waals surface area contributed by atoms with E-state index in [4.69, 9.17) is 5.73 Å². The molecule has 0 spiro atoms. The number of nitrogens with two attached hydrogens (primary N) is 1. The maximum Gasteiger partial charge on any atom is 0.248 e. The summed E-state index contributed by atoms with van der Waals surface area (Å²) in [6.45, 7) is 2.48. The van der Waals surface area contributed by atoms with Gasteiger partial charge >= 0.3 is 0 Å². The smallest absolute Gasteiger partial charge is 0.248 e.